The zero-order valence-corrected chi connectivity index (χ0v) is 11.2. The Bertz CT molecular complexity index is 633. The zero-order chi connectivity index (χ0) is 13.9. The van der Waals surface area contributed by atoms with Crippen molar-refractivity contribution in [3.05, 3.63) is 36.4 Å². The molecule has 0 aliphatic carbocycles. The monoisotopic (exact) mass is 270 g/mol. The molecule has 0 saturated carbocycles. The van der Waals surface area contributed by atoms with Crippen LogP contribution in [0.2, 0.25) is 0 Å². The normalized spacial score (nSPS) is 16.2. The van der Waals surface area contributed by atoms with E-state index in [9.17, 15) is 9.90 Å². The third kappa shape index (κ3) is 2.47. The number of fused-ring (bicyclic) bond motifs is 1. The summed E-state index contributed by atoms with van der Waals surface area (Å²) in [6.07, 6.45) is 1.75. The van der Waals surface area contributed by atoms with Gasteiger partial charge in [-0.05, 0) is 38.1 Å². The number of piperidine rings is 1. The Morgan fingerprint density at radius 1 is 1.10 bits per heavy atom. The zero-order valence-electron chi connectivity index (χ0n) is 11.2. The Balaban J connectivity index is 1.87. The largest absolute Gasteiger partial charge is 0.507 e. The molecule has 0 atom stereocenters. The minimum absolute atomic E-state index is 0.0716. The van der Waals surface area contributed by atoms with Gasteiger partial charge in [-0.25, -0.2) is 0 Å². The number of phenols is 1. The molecular formula is C16H18N2O2. The minimum Gasteiger partial charge on any atom is -0.507 e. The van der Waals surface area contributed by atoms with Gasteiger partial charge in [0.05, 0.1) is 0 Å². The van der Waals surface area contributed by atoms with Crippen LogP contribution in [0.3, 0.4) is 0 Å². The standard InChI is InChI=1S/C16H18N2O2/c19-15-6-2-3-12-13(15)4-1-5-14(12)18-16(20)11-7-9-17-10-8-11/h1-6,11,17,19H,7-10H2,(H,18,20). The Hall–Kier alpha value is -2.07. The number of rotatable bonds is 2. The minimum atomic E-state index is 0.0716. The second kappa shape index (κ2) is 5.51. The molecule has 104 valence electrons. The number of carbonyl (C=O) groups excluding carboxylic acids is 1. The highest BCUT2D eigenvalue weighted by atomic mass is 16.3. The SMILES string of the molecule is O=C(Nc1cccc2c(O)cccc12)C1CCNCC1. The molecule has 3 rings (SSSR count). The number of anilines is 1. The van der Waals surface area contributed by atoms with Crippen molar-refractivity contribution in [1.29, 1.82) is 0 Å². The predicted molar refractivity (Wildman–Crippen MR) is 79.8 cm³/mol. The van der Waals surface area contributed by atoms with E-state index < -0.39 is 0 Å². The molecule has 2 aromatic rings. The molecule has 1 heterocycles. The van der Waals surface area contributed by atoms with Crippen molar-refractivity contribution in [2.75, 3.05) is 18.4 Å². The lowest BCUT2D eigenvalue weighted by Crippen LogP contribution is -2.34. The number of phenolic OH excluding ortho intramolecular Hbond substituents is 1. The van der Waals surface area contributed by atoms with Crippen LogP contribution in [0.1, 0.15) is 12.8 Å². The number of carbonyl (C=O) groups is 1. The summed E-state index contributed by atoms with van der Waals surface area (Å²) in [5.74, 6) is 0.381. The molecule has 1 saturated heterocycles. The fourth-order valence-electron chi connectivity index (χ4n) is 2.72. The summed E-state index contributed by atoms with van der Waals surface area (Å²) in [4.78, 5) is 12.3. The number of nitrogens with one attached hydrogen (secondary N) is 2. The third-order valence-corrected chi connectivity index (χ3v) is 3.87. The van der Waals surface area contributed by atoms with Gasteiger partial charge in [-0.3, -0.25) is 4.79 Å². The summed E-state index contributed by atoms with van der Waals surface area (Å²) in [5.41, 5.74) is 0.766. The second-order valence-corrected chi connectivity index (χ2v) is 5.19. The van der Waals surface area contributed by atoms with E-state index in [1.807, 2.05) is 24.3 Å². The van der Waals surface area contributed by atoms with Gasteiger partial charge in [0.1, 0.15) is 5.75 Å². The predicted octanol–water partition coefficient (Wildman–Crippen LogP) is 2.48. The summed E-state index contributed by atoms with van der Waals surface area (Å²) in [6.45, 7) is 1.79. The molecule has 0 bridgehead atoms. The molecule has 1 amide bonds. The first kappa shape index (κ1) is 12.9. The first-order valence-electron chi connectivity index (χ1n) is 6.98. The molecular weight excluding hydrogens is 252 g/mol. The molecule has 20 heavy (non-hydrogen) atoms. The maximum atomic E-state index is 12.3. The van der Waals surface area contributed by atoms with Crippen LogP contribution in [-0.2, 0) is 4.79 Å². The number of amides is 1. The molecule has 1 fully saturated rings. The first-order valence-corrected chi connectivity index (χ1v) is 6.98. The summed E-state index contributed by atoms with van der Waals surface area (Å²) >= 11 is 0. The van der Waals surface area contributed by atoms with E-state index in [-0.39, 0.29) is 17.6 Å². The van der Waals surface area contributed by atoms with Crippen LogP contribution in [0, 0.1) is 5.92 Å². The Morgan fingerprint density at radius 3 is 2.60 bits per heavy atom. The van der Waals surface area contributed by atoms with Gasteiger partial charge >= 0.3 is 0 Å². The summed E-state index contributed by atoms with van der Waals surface area (Å²) in [7, 11) is 0. The van der Waals surface area contributed by atoms with Gasteiger partial charge in [0.25, 0.3) is 0 Å². The lowest BCUT2D eigenvalue weighted by atomic mass is 9.97. The summed E-state index contributed by atoms with van der Waals surface area (Å²) in [6, 6.07) is 10.9. The van der Waals surface area contributed by atoms with Crippen molar-refractivity contribution in [1.82, 2.24) is 5.32 Å². The van der Waals surface area contributed by atoms with Crippen LogP contribution >= 0.6 is 0 Å². The molecule has 0 aromatic heterocycles. The fraction of sp³-hybridized carbons (Fsp3) is 0.312. The lowest BCUT2D eigenvalue weighted by Gasteiger charge is -2.22. The van der Waals surface area contributed by atoms with Crippen LogP contribution in [0.15, 0.2) is 36.4 Å². The van der Waals surface area contributed by atoms with Gasteiger partial charge in [0, 0.05) is 22.4 Å². The first-order chi connectivity index (χ1) is 9.75. The molecule has 4 nitrogen and oxygen atoms in total. The molecule has 3 N–H and O–H groups in total. The van der Waals surface area contributed by atoms with Crippen molar-refractivity contribution in [2.24, 2.45) is 5.92 Å². The average molecular weight is 270 g/mol. The summed E-state index contributed by atoms with van der Waals surface area (Å²) in [5, 5.41) is 17.7. The van der Waals surface area contributed by atoms with Crippen LogP contribution < -0.4 is 10.6 Å². The second-order valence-electron chi connectivity index (χ2n) is 5.19. The molecule has 1 aliphatic heterocycles. The van der Waals surface area contributed by atoms with Crippen molar-refractivity contribution in [3.8, 4) is 5.75 Å². The molecule has 0 radical (unpaired) electrons. The van der Waals surface area contributed by atoms with E-state index >= 15 is 0 Å². The highest BCUT2D eigenvalue weighted by Gasteiger charge is 2.21. The number of aromatic hydroxyl groups is 1. The highest BCUT2D eigenvalue weighted by Crippen LogP contribution is 2.30. The number of hydrogen-bond acceptors (Lipinski definition) is 3. The number of hydrogen-bond donors (Lipinski definition) is 3. The van der Waals surface area contributed by atoms with E-state index in [1.165, 1.54) is 0 Å². The van der Waals surface area contributed by atoms with Gasteiger partial charge in [-0.2, -0.15) is 0 Å². The quantitative estimate of drug-likeness (QED) is 0.785. The van der Waals surface area contributed by atoms with Crippen molar-refractivity contribution in [2.45, 2.75) is 12.8 Å². The van der Waals surface area contributed by atoms with E-state index in [0.29, 0.717) is 0 Å². The Labute approximate surface area is 117 Å². The molecule has 0 spiro atoms. The van der Waals surface area contributed by atoms with Gasteiger partial charge in [0.15, 0.2) is 0 Å². The Morgan fingerprint density at radius 2 is 1.80 bits per heavy atom. The molecule has 2 aromatic carbocycles. The number of benzene rings is 2. The molecule has 4 heteroatoms. The van der Waals surface area contributed by atoms with Gasteiger partial charge < -0.3 is 15.7 Å². The smallest absolute Gasteiger partial charge is 0.227 e. The van der Waals surface area contributed by atoms with Crippen molar-refractivity contribution >= 4 is 22.4 Å². The average Bonchev–Trinajstić information content (AvgIpc) is 2.49. The van der Waals surface area contributed by atoms with Crippen molar-refractivity contribution < 1.29 is 9.90 Å². The van der Waals surface area contributed by atoms with E-state index in [0.717, 1.165) is 42.4 Å². The van der Waals surface area contributed by atoms with Crippen LogP contribution in [0.25, 0.3) is 10.8 Å². The highest BCUT2D eigenvalue weighted by molar-refractivity contribution is 6.04. The lowest BCUT2D eigenvalue weighted by molar-refractivity contribution is -0.120. The van der Waals surface area contributed by atoms with Gasteiger partial charge in [-0.1, -0.05) is 24.3 Å². The van der Waals surface area contributed by atoms with E-state index in [4.69, 9.17) is 0 Å². The van der Waals surface area contributed by atoms with Crippen LogP contribution in [0.4, 0.5) is 5.69 Å². The van der Waals surface area contributed by atoms with Gasteiger partial charge in [0.2, 0.25) is 5.91 Å². The third-order valence-electron chi connectivity index (χ3n) is 3.87. The maximum absolute atomic E-state index is 12.3. The Kier molecular flexibility index (Phi) is 3.56. The topological polar surface area (TPSA) is 61.4 Å². The molecule has 1 aliphatic rings. The van der Waals surface area contributed by atoms with Crippen LogP contribution in [-0.4, -0.2) is 24.1 Å². The van der Waals surface area contributed by atoms with Gasteiger partial charge in [-0.15, -0.1) is 0 Å². The van der Waals surface area contributed by atoms with Crippen LogP contribution in [0.5, 0.6) is 5.75 Å². The summed E-state index contributed by atoms with van der Waals surface area (Å²) < 4.78 is 0. The fourth-order valence-corrected chi connectivity index (χ4v) is 2.72. The van der Waals surface area contributed by atoms with Crippen molar-refractivity contribution in [3.63, 3.8) is 0 Å². The maximum Gasteiger partial charge on any atom is 0.227 e. The van der Waals surface area contributed by atoms with E-state index in [2.05, 4.69) is 10.6 Å². The molecule has 0 unspecified atom stereocenters. The van der Waals surface area contributed by atoms with E-state index in [1.54, 1.807) is 12.1 Å².